The Hall–Kier alpha value is -5.15. The molecular formula is C38H43N5O4. The molecule has 0 unspecified atom stereocenters. The van der Waals surface area contributed by atoms with Crippen molar-refractivity contribution in [1.29, 1.82) is 0 Å². The molecular weight excluding hydrogens is 590 g/mol. The highest BCUT2D eigenvalue weighted by Gasteiger charge is 2.26. The van der Waals surface area contributed by atoms with Crippen LogP contribution in [0.15, 0.2) is 77.7 Å². The number of pyridine rings is 1. The lowest BCUT2D eigenvalue weighted by molar-refractivity contribution is 0.0950. The Bertz CT molecular complexity index is 1950. The summed E-state index contributed by atoms with van der Waals surface area (Å²) in [5, 5.41) is 6.45. The molecule has 9 nitrogen and oxygen atoms in total. The average molecular weight is 634 g/mol. The molecule has 0 spiro atoms. The molecule has 2 amide bonds. The van der Waals surface area contributed by atoms with Gasteiger partial charge in [-0.15, -0.1) is 0 Å². The second-order valence-electron chi connectivity index (χ2n) is 11.7. The zero-order valence-electron chi connectivity index (χ0n) is 28.0. The number of aromatic nitrogens is 2. The van der Waals surface area contributed by atoms with Crippen LogP contribution in [0.25, 0.3) is 22.0 Å². The summed E-state index contributed by atoms with van der Waals surface area (Å²) in [6.07, 6.45) is 2.36. The quantitative estimate of drug-likeness (QED) is 0.140. The standard InChI is InChI=1S/C38H43N5O4/c1-7-39-36(44)31-22-29-30(23-42(6)38(46)33(29)41-31)28-19-18-26(20-21-43(8-2)9-3)32(37(45)40-27-16-11-10-12-17-27)35(28)47-34-24(4)14-13-15-25(34)5/h10-19,22-23,41H,7-9,20-21H2,1-6H3,(H,39,44)(H,40,45). The molecule has 2 aromatic heterocycles. The van der Waals surface area contributed by atoms with E-state index in [0.717, 1.165) is 36.3 Å². The van der Waals surface area contributed by atoms with Crippen molar-refractivity contribution >= 4 is 28.4 Å². The van der Waals surface area contributed by atoms with Gasteiger partial charge in [0.05, 0.1) is 5.56 Å². The van der Waals surface area contributed by atoms with E-state index < -0.39 is 0 Å². The van der Waals surface area contributed by atoms with Crippen molar-refractivity contribution in [2.45, 2.75) is 41.0 Å². The van der Waals surface area contributed by atoms with Crippen LogP contribution < -0.4 is 20.9 Å². The third-order valence-electron chi connectivity index (χ3n) is 8.54. The predicted octanol–water partition coefficient (Wildman–Crippen LogP) is 6.83. The van der Waals surface area contributed by atoms with Gasteiger partial charge in [-0.1, -0.05) is 62.4 Å². The van der Waals surface area contributed by atoms with Gasteiger partial charge in [0.15, 0.2) is 0 Å². The van der Waals surface area contributed by atoms with Crippen LogP contribution in [0.3, 0.4) is 0 Å². The van der Waals surface area contributed by atoms with Crippen LogP contribution in [-0.4, -0.2) is 52.4 Å². The summed E-state index contributed by atoms with van der Waals surface area (Å²) in [7, 11) is 1.67. The Morgan fingerprint density at radius 3 is 2.23 bits per heavy atom. The highest BCUT2D eigenvalue weighted by Crippen LogP contribution is 2.42. The van der Waals surface area contributed by atoms with Crippen molar-refractivity contribution in [3.63, 3.8) is 0 Å². The first kappa shape index (κ1) is 33.2. The number of rotatable bonds is 12. The molecule has 0 fully saturated rings. The van der Waals surface area contributed by atoms with Crippen LogP contribution >= 0.6 is 0 Å². The Labute approximate surface area is 275 Å². The second kappa shape index (κ2) is 14.5. The van der Waals surface area contributed by atoms with Crippen LogP contribution in [-0.2, 0) is 13.5 Å². The topological polar surface area (TPSA) is 108 Å². The molecule has 244 valence electrons. The van der Waals surface area contributed by atoms with E-state index in [4.69, 9.17) is 4.74 Å². The Morgan fingerprint density at radius 1 is 0.872 bits per heavy atom. The molecule has 47 heavy (non-hydrogen) atoms. The van der Waals surface area contributed by atoms with E-state index in [1.165, 1.54) is 4.57 Å². The number of hydrogen-bond acceptors (Lipinski definition) is 5. The lowest BCUT2D eigenvalue weighted by Crippen LogP contribution is -2.26. The number of nitrogens with one attached hydrogen (secondary N) is 3. The van der Waals surface area contributed by atoms with Gasteiger partial charge in [0.25, 0.3) is 17.4 Å². The highest BCUT2D eigenvalue weighted by atomic mass is 16.5. The van der Waals surface area contributed by atoms with Crippen LogP contribution in [0.1, 0.15) is 58.3 Å². The lowest BCUT2D eigenvalue weighted by Gasteiger charge is -2.23. The van der Waals surface area contributed by atoms with Crippen molar-refractivity contribution in [3.8, 4) is 22.6 Å². The minimum absolute atomic E-state index is 0.269. The normalized spacial score (nSPS) is 11.2. The van der Waals surface area contributed by atoms with Crippen molar-refractivity contribution in [2.75, 3.05) is 31.5 Å². The summed E-state index contributed by atoms with van der Waals surface area (Å²) in [5.41, 5.74) is 5.35. The minimum atomic E-state index is -0.307. The van der Waals surface area contributed by atoms with Crippen LogP contribution in [0, 0.1) is 13.8 Å². The van der Waals surface area contributed by atoms with Crippen LogP contribution in [0.5, 0.6) is 11.5 Å². The summed E-state index contributed by atoms with van der Waals surface area (Å²) >= 11 is 0. The van der Waals surface area contributed by atoms with E-state index in [9.17, 15) is 14.4 Å². The zero-order valence-corrected chi connectivity index (χ0v) is 28.0. The number of aryl methyl sites for hydroxylation is 3. The van der Waals surface area contributed by atoms with Crippen LogP contribution in [0.4, 0.5) is 5.69 Å². The molecule has 0 atom stereocenters. The van der Waals surface area contributed by atoms with Crippen molar-refractivity contribution in [1.82, 2.24) is 19.8 Å². The molecule has 3 aromatic carbocycles. The number of carbonyl (C=O) groups excluding carboxylic acids is 2. The number of benzene rings is 3. The Morgan fingerprint density at radius 2 is 1.57 bits per heavy atom. The summed E-state index contributed by atoms with van der Waals surface area (Å²) in [4.78, 5) is 45.9. The molecule has 0 radical (unpaired) electrons. The SMILES string of the molecule is CCNC(=O)c1cc2c(-c3ccc(CCN(CC)CC)c(C(=O)Nc4ccccc4)c3Oc3c(C)cccc3C)cn(C)c(=O)c2[nH]1. The number of amides is 2. The largest absolute Gasteiger partial charge is 0.455 e. The minimum Gasteiger partial charge on any atom is -0.455 e. The first-order valence-electron chi connectivity index (χ1n) is 16.2. The fourth-order valence-corrected chi connectivity index (χ4v) is 5.92. The number of likely N-dealkylation sites (N-methyl/N-ethyl adjacent to an activating group) is 1. The average Bonchev–Trinajstić information content (AvgIpc) is 3.52. The van der Waals surface area contributed by atoms with E-state index in [2.05, 4.69) is 34.4 Å². The third-order valence-corrected chi connectivity index (χ3v) is 8.54. The summed E-state index contributed by atoms with van der Waals surface area (Å²) in [6, 6.07) is 20.9. The van der Waals surface area contributed by atoms with Gasteiger partial charge in [-0.3, -0.25) is 14.4 Å². The number of anilines is 1. The van der Waals surface area contributed by atoms with Gasteiger partial charge >= 0.3 is 0 Å². The fourth-order valence-electron chi connectivity index (χ4n) is 5.92. The molecule has 5 rings (SSSR count). The molecule has 0 aliphatic rings. The van der Waals surface area contributed by atoms with E-state index >= 15 is 0 Å². The zero-order chi connectivity index (χ0) is 33.7. The maximum atomic E-state index is 14.4. The molecule has 5 aromatic rings. The Kier molecular flexibility index (Phi) is 10.3. The summed E-state index contributed by atoms with van der Waals surface area (Å²) < 4.78 is 8.36. The number of H-pyrrole nitrogens is 1. The first-order chi connectivity index (χ1) is 22.7. The third kappa shape index (κ3) is 7.00. The van der Waals surface area contributed by atoms with E-state index in [1.807, 2.05) is 81.4 Å². The molecule has 0 bridgehead atoms. The van der Waals surface area contributed by atoms with Crippen molar-refractivity contribution < 1.29 is 14.3 Å². The van der Waals surface area contributed by atoms with E-state index in [-0.39, 0.29) is 23.1 Å². The number of nitrogens with zero attached hydrogens (tertiary/aromatic N) is 2. The van der Waals surface area contributed by atoms with Gasteiger partial charge in [0.2, 0.25) is 0 Å². The first-order valence-corrected chi connectivity index (χ1v) is 16.2. The summed E-state index contributed by atoms with van der Waals surface area (Å²) in [5.74, 6) is 0.431. The number of hydrogen-bond donors (Lipinski definition) is 3. The van der Waals surface area contributed by atoms with Gasteiger partial charge in [-0.25, -0.2) is 0 Å². The molecule has 2 heterocycles. The molecule has 0 aliphatic heterocycles. The van der Waals surface area contributed by atoms with E-state index in [0.29, 0.717) is 57.7 Å². The monoisotopic (exact) mass is 633 g/mol. The Balaban J connectivity index is 1.81. The number of para-hydroxylation sites is 2. The van der Waals surface area contributed by atoms with E-state index in [1.54, 1.807) is 19.3 Å². The predicted molar refractivity (Wildman–Crippen MR) is 189 cm³/mol. The lowest BCUT2D eigenvalue weighted by atomic mass is 9.94. The smallest absolute Gasteiger partial charge is 0.274 e. The summed E-state index contributed by atoms with van der Waals surface area (Å²) in [6.45, 7) is 13.0. The second-order valence-corrected chi connectivity index (χ2v) is 11.7. The molecule has 3 N–H and O–H groups in total. The number of ether oxygens (including phenoxy) is 1. The van der Waals surface area contributed by atoms with Gasteiger partial charge < -0.3 is 29.8 Å². The van der Waals surface area contributed by atoms with Gasteiger partial charge in [0.1, 0.15) is 22.7 Å². The number of aromatic amines is 1. The molecule has 0 aliphatic carbocycles. The number of fused-ring (bicyclic) bond motifs is 1. The van der Waals surface area contributed by atoms with Crippen molar-refractivity contribution in [3.05, 3.63) is 111 Å². The van der Waals surface area contributed by atoms with Gasteiger partial charge in [-0.2, -0.15) is 0 Å². The number of carbonyl (C=O) groups is 2. The maximum Gasteiger partial charge on any atom is 0.274 e. The molecule has 9 heteroatoms. The van der Waals surface area contributed by atoms with Crippen LogP contribution in [0.2, 0.25) is 0 Å². The molecule has 0 saturated carbocycles. The van der Waals surface area contributed by atoms with Gasteiger partial charge in [0, 0.05) is 48.5 Å². The van der Waals surface area contributed by atoms with Crippen molar-refractivity contribution in [2.24, 2.45) is 7.05 Å². The fraction of sp³-hybridized carbons (Fsp3) is 0.289. The maximum absolute atomic E-state index is 14.4. The molecule has 0 saturated heterocycles. The highest BCUT2D eigenvalue weighted by molar-refractivity contribution is 6.10. The van der Waals surface area contributed by atoms with Gasteiger partial charge in [-0.05, 0) is 75.2 Å².